The van der Waals surface area contributed by atoms with Crippen molar-refractivity contribution in [1.29, 1.82) is 0 Å². The van der Waals surface area contributed by atoms with Crippen molar-refractivity contribution >= 4 is 21.7 Å². The highest BCUT2D eigenvalue weighted by molar-refractivity contribution is 6.04. The molecule has 23 heavy (non-hydrogen) atoms. The summed E-state index contributed by atoms with van der Waals surface area (Å²) in [6.07, 6.45) is 0. The summed E-state index contributed by atoms with van der Waals surface area (Å²) in [5.41, 5.74) is 2.03. The van der Waals surface area contributed by atoms with Crippen LogP contribution in [0.4, 0.5) is 0 Å². The third-order valence-electron chi connectivity index (χ3n) is 4.18. The Hall–Kier alpha value is -2.87. The SMILES string of the molecule is C[N+](C)=c1cc(-c2ccccc2)oc2c1ccc1ccccc12. The first-order valence-corrected chi connectivity index (χ1v) is 7.75. The van der Waals surface area contributed by atoms with Gasteiger partial charge in [0, 0.05) is 10.9 Å². The first-order valence-electron chi connectivity index (χ1n) is 7.75. The van der Waals surface area contributed by atoms with Gasteiger partial charge >= 0.3 is 0 Å². The number of rotatable bonds is 1. The quantitative estimate of drug-likeness (QED) is 0.378. The van der Waals surface area contributed by atoms with Gasteiger partial charge in [-0.25, -0.2) is 4.58 Å². The van der Waals surface area contributed by atoms with Crippen LogP contribution in [0.15, 0.2) is 77.2 Å². The molecule has 0 amide bonds. The summed E-state index contributed by atoms with van der Waals surface area (Å²) in [7, 11) is 4.14. The highest BCUT2D eigenvalue weighted by Crippen LogP contribution is 2.27. The molecule has 1 aromatic heterocycles. The van der Waals surface area contributed by atoms with Gasteiger partial charge < -0.3 is 4.42 Å². The number of nitrogens with zero attached hydrogens (tertiary/aromatic N) is 1. The third kappa shape index (κ3) is 2.33. The molecular formula is C21H18NO+. The lowest BCUT2D eigenvalue weighted by molar-refractivity contribution is 0.619. The molecule has 2 heteroatoms. The van der Waals surface area contributed by atoms with E-state index in [4.69, 9.17) is 4.42 Å². The molecule has 1 heterocycles. The van der Waals surface area contributed by atoms with Crippen LogP contribution >= 0.6 is 0 Å². The van der Waals surface area contributed by atoms with Gasteiger partial charge in [-0.3, -0.25) is 0 Å². The van der Waals surface area contributed by atoms with Gasteiger partial charge in [0.25, 0.3) is 0 Å². The molecule has 3 aromatic carbocycles. The van der Waals surface area contributed by atoms with Gasteiger partial charge in [-0.05, 0) is 11.5 Å². The molecule has 112 valence electrons. The van der Waals surface area contributed by atoms with E-state index in [-0.39, 0.29) is 0 Å². The topological polar surface area (TPSA) is 16.1 Å². The van der Waals surface area contributed by atoms with E-state index in [0.717, 1.165) is 33.0 Å². The number of fused-ring (bicyclic) bond motifs is 3. The molecule has 0 aliphatic heterocycles. The second-order valence-electron chi connectivity index (χ2n) is 5.92. The van der Waals surface area contributed by atoms with Crippen LogP contribution in [-0.4, -0.2) is 14.1 Å². The van der Waals surface area contributed by atoms with Crippen molar-refractivity contribution in [3.63, 3.8) is 0 Å². The standard InChI is InChI=1S/C21H18NO/c1-22(2)19-14-20(16-9-4-3-5-10-16)23-21-17-11-7-6-8-15(17)12-13-18(19)21/h3-14H,1-2H3/q+1. The second-order valence-corrected chi connectivity index (χ2v) is 5.92. The van der Waals surface area contributed by atoms with Gasteiger partial charge in [0.1, 0.15) is 25.4 Å². The zero-order chi connectivity index (χ0) is 15.8. The molecule has 0 unspecified atom stereocenters. The molecule has 0 aliphatic rings. The average molecular weight is 300 g/mol. The molecule has 4 aromatic rings. The van der Waals surface area contributed by atoms with Crippen molar-refractivity contribution in [3.8, 4) is 11.3 Å². The van der Waals surface area contributed by atoms with Crippen LogP contribution in [0, 0.1) is 0 Å². The Morgan fingerprint density at radius 1 is 0.739 bits per heavy atom. The molecule has 0 spiro atoms. The Balaban J connectivity index is 2.20. The average Bonchev–Trinajstić information content (AvgIpc) is 2.61. The van der Waals surface area contributed by atoms with Gasteiger partial charge in [-0.1, -0.05) is 60.7 Å². The number of hydrogen-bond acceptors (Lipinski definition) is 1. The maximum atomic E-state index is 6.33. The predicted octanol–water partition coefficient (Wildman–Crippen LogP) is 4.28. The van der Waals surface area contributed by atoms with Crippen LogP contribution in [0.25, 0.3) is 33.1 Å². The zero-order valence-corrected chi connectivity index (χ0v) is 13.3. The van der Waals surface area contributed by atoms with Crippen molar-refractivity contribution in [2.24, 2.45) is 0 Å². The third-order valence-corrected chi connectivity index (χ3v) is 4.18. The van der Waals surface area contributed by atoms with Crippen molar-refractivity contribution in [2.45, 2.75) is 0 Å². The Bertz CT molecular complexity index is 1070. The molecule has 0 saturated heterocycles. The lowest BCUT2D eigenvalue weighted by atomic mass is 10.1. The van der Waals surface area contributed by atoms with Crippen LogP contribution in [0.5, 0.6) is 0 Å². The summed E-state index contributed by atoms with van der Waals surface area (Å²) in [5.74, 6) is 0.887. The smallest absolute Gasteiger partial charge is 0.214 e. The van der Waals surface area contributed by atoms with E-state index in [0.29, 0.717) is 0 Å². The van der Waals surface area contributed by atoms with Crippen LogP contribution in [-0.2, 0) is 0 Å². The minimum Gasteiger partial charge on any atom is -0.455 e. The van der Waals surface area contributed by atoms with Crippen LogP contribution in [0.3, 0.4) is 0 Å². The number of hydrogen-bond donors (Lipinski definition) is 0. The van der Waals surface area contributed by atoms with Crippen molar-refractivity contribution in [3.05, 3.63) is 78.2 Å². The largest absolute Gasteiger partial charge is 0.455 e. The zero-order valence-electron chi connectivity index (χ0n) is 13.3. The Kier molecular flexibility index (Phi) is 3.23. The molecule has 0 bridgehead atoms. The van der Waals surface area contributed by atoms with Gasteiger partial charge in [-0.15, -0.1) is 0 Å². The van der Waals surface area contributed by atoms with E-state index in [1.54, 1.807) is 0 Å². The summed E-state index contributed by atoms with van der Waals surface area (Å²) in [4.78, 5) is 0. The Morgan fingerprint density at radius 3 is 2.26 bits per heavy atom. The van der Waals surface area contributed by atoms with Crippen molar-refractivity contribution in [2.75, 3.05) is 14.1 Å². The van der Waals surface area contributed by atoms with E-state index in [9.17, 15) is 0 Å². The van der Waals surface area contributed by atoms with Gasteiger partial charge in [0.2, 0.25) is 5.36 Å². The lowest BCUT2D eigenvalue weighted by Gasteiger charge is -2.06. The first kappa shape index (κ1) is 13.8. The summed E-state index contributed by atoms with van der Waals surface area (Å²) in [6, 6.07) is 25.0. The fraction of sp³-hybridized carbons (Fsp3) is 0.0952. The summed E-state index contributed by atoms with van der Waals surface area (Å²) in [6.45, 7) is 0. The lowest BCUT2D eigenvalue weighted by Crippen LogP contribution is -2.22. The minimum absolute atomic E-state index is 0.887. The van der Waals surface area contributed by atoms with Gasteiger partial charge in [-0.2, -0.15) is 0 Å². The fourth-order valence-electron chi connectivity index (χ4n) is 3.01. The van der Waals surface area contributed by atoms with E-state index in [2.05, 4.69) is 73.3 Å². The van der Waals surface area contributed by atoms with E-state index >= 15 is 0 Å². The molecular weight excluding hydrogens is 282 g/mol. The molecule has 0 atom stereocenters. The Morgan fingerprint density at radius 2 is 1.48 bits per heavy atom. The molecule has 2 nitrogen and oxygen atoms in total. The van der Waals surface area contributed by atoms with E-state index < -0.39 is 0 Å². The first-order chi connectivity index (χ1) is 11.2. The molecule has 0 fully saturated rings. The van der Waals surface area contributed by atoms with Crippen molar-refractivity contribution < 1.29 is 4.42 Å². The van der Waals surface area contributed by atoms with Crippen LogP contribution in [0.1, 0.15) is 0 Å². The summed E-state index contributed by atoms with van der Waals surface area (Å²) >= 11 is 0. The molecule has 0 aliphatic carbocycles. The van der Waals surface area contributed by atoms with Crippen LogP contribution < -0.4 is 9.93 Å². The maximum Gasteiger partial charge on any atom is 0.214 e. The minimum atomic E-state index is 0.887. The van der Waals surface area contributed by atoms with Crippen LogP contribution in [0.2, 0.25) is 0 Å². The van der Waals surface area contributed by atoms with E-state index in [1.807, 2.05) is 18.2 Å². The van der Waals surface area contributed by atoms with Gasteiger partial charge in [0.15, 0.2) is 0 Å². The highest BCUT2D eigenvalue weighted by atomic mass is 16.3. The highest BCUT2D eigenvalue weighted by Gasteiger charge is 2.12. The maximum absolute atomic E-state index is 6.33. The van der Waals surface area contributed by atoms with Gasteiger partial charge in [0.05, 0.1) is 11.5 Å². The summed E-state index contributed by atoms with van der Waals surface area (Å²) < 4.78 is 8.46. The molecule has 0 saturated carbocycles. The van der Waals surface area contributed by atoms with E-state index in [1.165, 1.54) is 5.39 Å². The monoisotopic (exact) mass is 300 g/mol. The number of benzene rings is 3. The summed E-state index contributed by atoms with van der Waals surface area (Å²) in [5, 5.41) is 4.63. The molecule has 0 radical (unpaired) electrons. The molecule has 4 rings (SSSR count). The fourth-order valence-corrected chi connectivity index (χ4v) is 3.01. The predicted molar refractivity (Wildman–Crippen MR) is 96.3 cm³/mol. The molecule has 0 N–H and O–H groups in total. The van der Waals surface area contributed by atoms with Crippen molar-refractivity contribution in [1.82, 2.24) is 4.58 Å². The normalized spacial score (nSPS) is 11.0. The Labute approximate surface area is 134 Å². The second kappa shape index (κ2) is 5.40.